The van der Waals surface area contributed by atoms with Gasteiger partial charge in [-0.05, 0) is 6.42 Å². The number of amides is 2. The Labute approximate surface area is 83.4 Å². The molecule has 0 aliphatic carbocycles. The quantitative estimate of drug-likeness (QED) is 0.489. The summed E-state index contributed by atoms with van der Waals surface area (Å²) in [5, 5.41) is 11.0. The molecule has 0 heterocycles. The van der Waals surface area contributed by atoms with Gasteiger partial charge in [0.25, 0.3) is 0 Å². The van der Waals surface area contributed by atoms with E-state index in [1.807, 2.05) is 0 Å². The molecule has 0 aromatic heterocycles. The van der Waals surface area contributed by atoms with Gasteiger partial charge in [0.05, 0.1) is 6.42 Å². The van der Waals surface area contributed by atoms with Crippen molar-refractivity contribution in [2.45, 2.75) is 12.8 Å². The SMILES string of the molecule is C=CCCNC(=O)N(C)CCC(=O)O. The molecule has 0 radical (unpaired) electrons. The summed E-state index contributed by atoms with van der Waals surface area (Å²) in [6, 6.07) is -0.256. The van der Waals surface area contributed by atoms with Crippen LogP contribution in [0.2, 0.25) is 0 Å². The van der Waals surface area contributed by atoms with E-state index in [1.54, 1.807) is 13.1 Å². The van der Waals surface area contributed by atoms with Crippen LogP contribution < -0.4 is 5.32 Å². The van der Waals surface area contributed by atoms with Crippen molar-refractivity contribution in [3.05, 3.63) is 12.7 Å². The molecule has 0 bridgehead atoms. The van der Waals surface area contributed by atoms with E-state index in [0.29, 0.717) is 13.0 Å². The number of carbonyl (C=O) groups is 2. The van der Waals surface area contributed by atoms with Crippen LogP contribution in [0.25, 0.3) is 0 Å². The summed E-state index contributed by atoms with van der Waals surface area (Å²) in [6.07, 6.45) is 2.38. The fraction of sp³-hybridized carbons (Fsp3) is 0.556. The molecule has 0 rings (SSSR count). The minimum atomic E-state index is -0.907. The van der Waals surface area contributed by atoms with Gasteiger partial charge >= 0.3 is 12.0 Å². The first-order valence-electron chi connectivity index (χ1n) is 4.39. The van der Waals surface area contributed by atoms with Gasteiger partial charge in [0, 0.05) is 20.1 Å². The molecule has 2 amide bonds. The summed E-state index contributed by atoms with van der Waals surface area (Å²) in [5.74, 6) is -0.907. The number of carboxylic acid groups (broad SMARTS) is 1. The maximum absolute atomic E-state index is 11.2. The molecule has 5 heteroatoms. The normalized spacial score (nSPS) is 9.21. The predicted molar refractivity (Wildman–Crippen MR) is 53.1 cm³/mol. The highest BCUT2D eigenvalue weighted by molar-refractivity contribution is 5.74. The first-order valence-corrected chi connectivity index (χ1v) is 4.39. The molecule has 14 heavy (non-hydrogen) atoms. The van der Waals surface area contributed by atoms with Gasteiger partial charge in [-0.1, -0.05) is 6.08 Å². The lowest BCUT2D eigenvalue weighted by molar-refractivity contribution is -0.137. The number of rotatable bonds is 6. The zero-order valence-corrected chi connectivity index (χ0v) is 8.32. The Kier molecular flexibility index (Phi) is 6.19. The predicted octanol–water partition coefficient (Wildman–Crippen LogP) is 0.679. The van der Waals surface area contributed by atoms with Crippen LogP contribution in [0.4, 0.5) is 4.79 Å². The molecule has 0 saturated carbocycles. The smallest absolute Gasteiger partial charge is 0.317 e. The topological polar surface area (TPSA) is 69.6 Å². The van der Waals surface area contributed by atoms with Gasteiger partial charge < -0.3 is 15.3 Å². The standard InChI is InChI=1S/C9H16N2O3/c1-3-4-6-10-9(14)11(2)7-5-8(12)13/h3H,1,4-7H2,2H3,(H,10,14)(H,12,13). The first-order chi connectivity index (χ1) is 6.57. The number of hydrogen-bond acceptors (Lipinski definition) is 2. The summed E-state index contributed by atoms with van der Waals surface area (Å²) < 4.78 is 0. The van der Waals surface area contributed by atoms with E-state index < -0.39 is 5.97 Å². The highest BCUT2D eigenvalue weighted by Crippen LogP contribution is 1.89. The van der Waals surface area contributed by atoms with Gasteiger partial charge in [-0.25, -0.2) is 4.79 Å². The third-order valence-electron chi connectivity index (χ3n) is 1.63. The number of aliphatic carboxylic acids is 1. The van der Waals surface area contributed by atoms with E-state index in [1.165, 1.54) is 4.90 Å². The molecule has 0 saturated heterocycles. The van der Waals surface area contributed by atoms with Gasteiger partial charge in [-0.15, -0.1) is 6.58 Å². The summed E-state index contributed by atoms with van der Waals surface area (Å²) in [6.45, 7) is 4.26. The highest BCUT2D eigenvalue weighted by atomic mass is 16.4. The molecule has 0 atom stereocenters. The second-order valence-electron chi connectivity index (χ2n) is 2.87. The number of hydrogen-bond donors (Lipinski definition) is 2. The van der Waals surface area contributed by atoms with E-state index in [0.717, 1.165) is 0 Å². The molecule has 0 aliphatic heterocycles. The lowest BCUT2D eigenvalue weighted by Gasteiger charge is -2.16. The Bertz CT molecular complexity index is 216. The Morgan fingerprint density at radius 2 is 2.21 bits per heavy atom. The van der Waals surface area contributed by atoms with Crippen LogP contribution in [0.3, 0.4) is 0 Å². The monoisotopic (exact) mass is 200 g/mol. The third-order valence-corrected chi connectivity index (χ3v) is 1.63. The van der Waals surface area contributed by atoms with Gasteiger partial charge in [0.2, 0.25) is 0 Å². The van der Waals surface area contributed by atoms with Crippen molar-refractivity contribution < 1.29 is 14.7 Å². The van der Waals surface area contributed by atoms with Gasteiger partial charge in [-0.3, -0.25) is 4.79 Å². The molecular formula is C9H16N2O3. The van der Waals surface area contributed by atoms with Crippen molar-refractivity contribution in [1.29, 1.82) is 0 Å². The zero-order chi connectivity index (χ0) is 11.0. The van der Waals surface area contributed by atoms with Gasteiger partial charge in [0.1, 0.15) is 0 Å². The summed E-state index contributed by atoms with van der Waals surface area (Å²) >= 11 is 0. The fourth-order valence-corrected chi connectivity index (χ4v) is 0.781. The van der Waals surface area contributed by atoms with Crippen LogP contribution in [0, 0.1) is 0 Å². The second kappa shape index (κ2) is 6.94. The summed E-state index contributed by atoms with van der Waals surface area (Å²) in [5.41, 5.74) is 0. The van der Waals surface area contributed by atoms with Crippen LogP contribution in [-0.4, -0.2) is 42.1 Å². The van der Waals surface area contributed by atoms with Crippen molar-refractivity contribution in [1.82, 2.24) is 10.2 Å². The van der Waals surface area contributed by atoms with Gasteiger partial charge in [0.15, 0.2) is 0 Å². The molecule has 80 valence electrons. The minimum absolute atomic E-state index is 0.0363. The van der Waals surface area contributed by atoms with Crippen LogP contribution in [-0.2, 0) is 4.79 Å². The van der Waals surface area contributed by atoms with E-state index in [9.17, 15) is 9.59 Å². The van der Waals surface area contributed by atoms with E-state index in [4.69, 9.17) is 5.11 Å². The average molecular weight is 200 g/mol. The lowest BCUT2D eigenvalue weighted by atomic mass is 10.4. The fourth-order valence-electron chi connectivity index (χ4n) is 0.781. The highest BCUT2D eigenvalue weighted by Gasteiger charge is 2.08. The maximum atomic E-state index is 11.2. The van der Waals surface area contributed by atoms with Crippen molar-refractivity contribution in [2.75, 3.05) is 20.1 Å². The molecule has 0 aromatic rings. The lowest BCUT2D eigenvalue weighted by Crippen LogP contribution is -2.38. The molecule has 0 aliphatic rings. The minimum Gasteiger partial charge on any atom is -0.481 e. The molecule has 0 aromatic carbocycles. The number of urea groups is 1. The summed E-state index contributed by atoms with van der Waals surface area (Å²) in [7, 11) is 1.56. The molecule has 0 unspecified atom stereocenters. The maximum Gasteiger partial charge on any atom is 0.317 e. The Hall–Kier alpha value is -1.52. The molecule has 5 nitrogen and oxygen atoms in total. The van der Waals surface area contributed by atoms with Gasteiger partial charge in [-0.2, -0.15) is 0 Å². The zero-order valence-electron chi connectivity index (χ0n) is 8.32. The van der Waals surface area contributed by atoms with E-state index in [2.05, 4.69) is 11.9 Å². The van der Waals surface area contributed by atoms with Crippen molar-refractivity contribution in [3.63, 3.8) is 0 Å². The second-order valence-corrected chi connectivity index (χ2v) is 2.87. The van der Waals surface area contributed by atoms with E-state index in [-0.39, 0.29) is 19.0 Å². The Morgan fingerprint density at radius 3 is 2.71 bits per heavy atom. The van der Waals surface area contributed by atoms with Crippen LogP contribution >= 0.6 is 0 Å². The largest absolute Gasteiger partial charge is 0.481 e. The third kappa shape index (κ3) is 6.05. The molecule has 0 spiro atoms. The first kappa shape index (κ1) is 12.5. The molecule has 0 fully saturated rings. The average Bonchev–Trinajstić information content (AvgIpc) is 2.14. The van der Waals surface area contributed by atoms with E-state index >= 15 is 0 Å². The number of carbonyl (C=O) groups excluding carboxylic acids is 1. The Morgan fingerprint density at radius 1 is 1.57 bits per heavy atom. The summed E-state index contributed by atoms with van der Waals surface area (Å²) in [4.78, 5) is 22.8. The Balaban J connectivity index is 3.64. The number of nitrogens with one attached hydrogen (secondary N) is 1. The number of nitrogens with zero attached hydrogens (tertiary/aromatic N) is 1. The van der Waals surface area contributed by atoms with Crippen LogP contribution in [0.1, 0.15) is 12.8 Å². The molecule has 2 N–H and O–H groups in total. The van der Waals surface area contributed by atoms with Crippen LogP contribution in [0.5, 0.6) is 0 Å². The van der Waals surface area contributed by atoms with Crippen molar-refractivity contribution in [2.24, 2.45) is 0 Å². The van der Waals surface area contributed by atoms with Crippen molar-refractivity contribution >= 4 is 12.0 Å². The molecular weight excluding hydrogens is 184 g/mol. The van der Waals surface area contributed by atoms with Crippen LogP contribution in [0.15, 0.2) is 12.7 Å². The number of carboxylic acids is 1. The van der Waals surface area contributed by atoms with Crippen molar-refractivity contribution in [3.8, 4) is 0 Å².